The zero-order chi connectivity index (χ0) is 19.6. The van der Waals surface area contributed by atoms with Crippen molar-refractivity contribution in [1.29, 1.82) is 0 Å². The van der Waals surface area contributed by atoms with Crippen LogP contribution < -0.4 is 0 Å². The van der Waals surface area contributed by atoms with Crippen LogP contribution in [0.25, 0.3) is 0 Å². The van der Waals surface area contributed by atoms with Crippen LogP contribution in [0.4, 0.5) is 0 Å². The van der Waals surface area contributed by atoms with E-state index in [0.717, 1.165) is 32.1 Å². The number of hydrogen-bond donors (Lipinski definition) is 2. The zero-order valence-electron chi connectivity index (χ0n) is 16.2. The highest BCUT2D eigenvalue weighted by Gasteiger charge is 2.60. The monoisotopic (exact) mass is 373 g/mol. The van der Waals surface area contributed by atoms with Gasteiger partial charge in [0.25, 0.3) is 0 Å². The molecule has 0 radical (unpaired) electrons. The van der Waals surface area contributed by atoms with E-state index in [1.54, 1.807) is 13.8 Å². The second kappa shape index (κ2) is 6.03. The molecular weight excluding hydrogens is 346 g/mol. The number of aliphatic hydroxyl groups is 1. The van der Waals surface area contributed by atoms with E-state index in [4.69, 9.17) is 4.74 Å². The Morgan fingerprint density at radius 1 is 1.15 bits per heavy atom. The first kappa shape index (κ1) is 18.4. The lowest BCUT2D eigenvalue weighted by Gasteiger charge is -2.58. The van der Waals surface area contributed by atoms with Crippen molar-refractivity contribution >= 4 is 17.5 Å². The van der Waals surface area contributed by atoms with Gasteiger partial charge in [-0.25, -0.2) is 0 Å². The number of esters is 1. The van der Waals surface area contributed by atoms with Gasteiger partial charge in [0, 0.05) is 11.3 Å². The first-order valence-corrected chi connectivity index (χ1v) is 9.75. The third kappa shape index (κ3) is 2.94. The SMILES string of the molecule is CC(=O)c1c(C)[nH]c(C(=O)COC(=O)C23C[C@@H]4C[C@@H](CC(O)(C4)C2)C3)c1C. The molecule has 0 amide bonds. The van der Waals surface area contributed by atoms with Crippen LogP contribution in [-0.4, -0.2) is 39.8 Å². The van der Waals surface area contributed by atoms with Crippen molar-refractivity contribution in [2.24, 2.45) is 17.3 Å². The number of ketones is 2. The molecule has 27 heavy (non-hydrogen) atoms. The van der Waals surface area contributed by atoms with Crippen molar-refractivity contribution in [3.8, 4) is 0 Å². The van der Waals surface area contributed by atoms with E-state index in [0.29, 0.717) is 40.8 Å². The molecule has 146 valence electrons. The predicted octanol–water partition coefficient (Wildman–Crippen LogP) is 2.89. The highest BCUT2D eigenvalue weighted by atomic mass is 16.5. The van der Waals surface area contributed by atoms with Crippen molar-refractivity contribution in [1.82, 2.24) is 4.98 Å². The zero-order valence-corrected chi connectivity index (χ0v) is 16.2. The summed E-state index contributed by atoms with van der Waals surface area (Å²) in [6.45, 7) is 4.61. The van der Waals surface area contributed by atoms with Gasteiger partial charge < -0.3 is 14.8 Å². The van der Waals surface area contributed by atoms with Crippen LogP contribution in [0.15, 0.2) is 0 Å². The van der Waals surface area contributed by atoms with Crippen LogP contribution in [0, 0.1) is 31.1 Å². The summed E-state index contributed by atoms with van der Waals surface area (Å²) >= 11 is 0. The Kier molecular flexibility index (Phi) is 4.11. The maximum absolute atomic E-state index is 12.9. The summed E-state index contributed by atoms with van der Waals surface area (Å²) in [5.41, 5.74) is 0.729. The molecule has 1 heterocycles. The number of aryl methyl sites for hydroxylation is 1. The Labute approximate surface area is 158 Å². The molecule has 4 bridgehead atoms. The number of aromatic nitrogens is 1. The highest BCUT2D eigenvalue weighted by molar-refractivity contribution is 6.04. The smallest absolute Gasteiger partial charge is 0.312 e. The van der Waals surface area contributed by atoms with Crippen LogP contribution in [0.2, 0.25) is 0 Å². The molecule has 1 aromatic heterocycles. The van der Waals surface area contributed by atoms with Crippen molar-refractivity contribution < 1.29 is 24.2 Å². The Bertz CT molecular complexity index is 822. The maximum atomic E-state index is 12.9. The van der Waals surface area contributed by atoms with Crippen molar-refractivity contribution in [2.75, 3.05) is 6.61 Å². The number of nitrogens with one attached hydrogen (secondary N) is 1. The summed E-state index contributed by atoms with van der Waals surface area (Å²) in [5, 5.41) is 10.8. The van der Waals surface area contributed by atoms with E-state index in [9.17, 15) is 19.5 Å². The fourth-order valence-electron chi connectivity index (χ4n) is 6.37. The van der Waals surface area contributed by atoms with E-state index in [1.807, 2.05) is 0 Å². The molecule has 4 atom stereocenters. The van der Waals surface area contributed by atoms with E-state index in [1.165, 1.54) is 6.92 Å². The number of carbonyl (C=O) groups excluding carboxylic acids is 3. The summed E-state index contributed by atoms with van der Waals surface area (Å²) < 4.78 is 5.45. The lowest BCUT2D eigenvalue weighted by molar-refractivity contribution is -0.195. The van der Waals surface area contributed by atoms with Gasteiger partial charge in [0.15, 0.2) is 12.4 Å². The van der Waals surface area contributed by atoms with Crippen molar-refractivity contribution in [3.63, 3.8) is 0 Å². The number of aromatic amines is 1. The van der Waals surface area contributed by atoms with Gasteiger partial charge in [0.05, 0.1) is 16.7 Å². The molecule has 6 nitrogen and oxygen atoms in total. The van der Waals surface area contributed by atoms with Crippen molar-refractivity contribution in [2.45, 2.75) is 64.9 Å². The van der Waals surface area contributed by atoms with Crippen LogP contribution in [0.3, 0.4) is 0 Å². The summed E-state index contributed by atoms with van der Waals surface area (Å²) in [6, 6.07) is 0. The van der Waals surface area contributed by atoms with Gasteiger partial charge in [-0.2, -0.15) is 0 Å². The minimum absolute atomic E-state index is 0.0981. The first-order valence-electron chi connectivity index (χ1n) is 9.75. The lowest BCUT2D eigenvalue weighted by Crippen LogP contribution is -2.58. The minimum atomic E-state index is -0.739. The number of Topliss-reactive ketones (excluding diaryl/α,β-unsaturated/α-hetero) is 2. The van der Waals surface area contributed by atoms with Crippen LogP contribution in [0.1, 0.15) is 77.6 Å². The van der Waals surface area contributed by atoms with Crippen LogP contribution in [0.5, 0.6) is 0 Å². The third-order valence-electron chi connectivity index (χ3n) is 6.87. The molecule has 6 heteroatoms. The van der Waals surface area contributed by atoms with Gasteiger partial charge in [-0.3, -0.25) is 14.4 Å². The molecule has 0 aliphatic heterocycles. The standard InChI is InChI=1S/C21H27NO5/c1-11-17(13(3)23)12(2)22-18(11)16(24)9-27-19(25)20-5-14-4-15(6-20)8-21(26,7-14)10-20/h14-15,22,26H,4-10H2,1-3H3/t14-,15+,20?,21?. The van der Waals surface area contributed by atoms with Gasteiger partial charge >= 0.3 is 5.97 Å². The fourth-order valence-corrected chi connectivity index (χ4v) is 6.37. The molecule has 0 saturated heterocycles. The second-order valence-corrected chi connectivity index (χ2v) is 9.15. The van der Waals surface area contributed by atoms with Gasteiger partial charge in [0.1, 0.15) is 0 Å². The molecule has 4 aliphatic rings. The predicted molar refractivity (Wildman–Crippen MR) is 97.6 cm³/mol. The van der Waals surface area contributed by atoms with Gasteiger partial charge in [-0.1, -0.05) is 0 Å². The number of hydrogen-bond acceptors (Lipinski definition) is 5. The third-order valence-corrected chi connectivity index (χ3v) is 6.87. The molecular formula is C21H27NO5. The molecule has 2 unspecified atom stereocenters. The number of ether oxygens (including phenoxy) is 1. The number of rotatable bonds is 5. The molecule has 0 aromatic carbocycles. The molecule has 4 aliphatic carbocycles. The molecule has 4 saturated carbocycles. The van der Waals surface area contributed by atoms with Crippen LogP contribution >= 0.6 is 0 Å². The molecule has 4 fully saturated rings. The molecule has 5 rings (SSSR count). The summed E-state index contributed by atoms with van der Waals surface area (Å²) in [6.07, 6.45) is 4.63. The van der Waals surface area contributed by atoms with E-state index in [2.05, 4.69) is 4.98 Å². The average molecular weight is 373 g/mol. The quantitative estimate of drug-likeness (QED) is 0.611. The first-order chi connectivity index (χ1) is 12.6. The van der Waals surface area contributed by atoms with E-state index < -0.39 is 11.0 Å². The molecule has 0 spiro atoms. The number of H-pyrrole nitrogens is 1. The minimum Gasteiger partial charge on any atom is -0.457 e. The normalized spacial score (nSPS) is 33.9. The average Bonchev–Trinajstić information content (AvgIpc) is 2.84. The highest BCUT2D eigenvalue weighted by Crippen LogP contribution is 2.61. The summed E-state index contributed by atoms with van der Waals surface area (Å²) in [7, 11) is 0. The Morgan fingerprint density at radius 3 is 2.30 bits per heavy atom. The largest absolute Gasteiger partial charge is 0.457 e. The Morgan fingerprint density at radius 2 is 1.78 bits per heavy atom. The second-order valence-electron chi connectivity index (χ2n) is 9.15. The van der Waals surface area contributed by atoms with Crippen LogP contribution in [-0.2, 0) is 9.53 Å². The number of carbonyl (C=O) groups is 3. The van der Waals surface area contributed by atoms with Crippen molar-refractivity contribution in [3.05, 3.63) is 22.5 Å². The Balaban J connectivity index is 1.47. The molecule has 2 N–H and O–H groups in total. The van der Waals surface area contributed by atoms with Gasteiger partial charge in [0.2, 0.25) is 5.78 Å². The van der Waals surface area contributed by atoms with E-state index >= 15 is 0 Å². The lowest BCUT2D eigenvalue weighted by atomic mass is 9.48. The topological polar surface area (TPSA) is 96.5 Å². The van der Waals surface area contributed by atoms with E-state index in [-0.39, 0.29) is 24.1 Å². The van der Waals surface area contributed by atoms with Gasteiger partial charge in [-0.15, -0.1) is 0 Å². The maximum Gasteiger partial charge on any atom is 0.312 e. The van der Waals surface area contributed by atoms with Gasteiger partial charge in [-0.05, 0) is 76.7 Å². The Hall–Kier alpha value is -1.95. The summed E-state index contributed by atoms with van der Waals surface area (Å²) in [5.74, 6) is -0.0213. The fraction of sp³-hybridized carbons (Fsp3) is 0.667. The summed E-state index contributed by atoms with van der Waals surface area (Å²) in [4.78, 5) is 40.2. The molecule has 1 aromatic rings.